The van der Waals surface area contributed by atoms with Crippen molar-refractivity contribution in [1.29, 1.82) is 0 Å². The van der Waals surface area contributed by atoms with Gasteiger partial charge in [0.15, 0.2) is 5.82 Å². The number of anilines is 1. The topological polar surface area (TPSA) is 77.0 Å². The van der Waals surface area contributed by atoms with Crippen molar-refractivity contribution in [2.75, 3.05) is 11.9 Å². The van der Waals surface area contributed by atoms with Crippen molar-refractivity contribution in [3.8, 4) is 0 Å². The predicted octanol–water partition coefficient (Wildman–Crippen LogP) is 2.32. The lowest BCUT2D eigenvalue weighted by Gasteiger charge is -2.10. The minimum Gasteiger partial charge on any atom is -0.389 e. The lowest BCUT2D eigenvalue weighted by atomic mass is 10.1. The summed E-state index contributed by atoms with van der Waals surface area (Å²) in [6.07, 6.45) is 0.615. The minimum absolute atomic E-state index is 0.327. The predicted molar refractivity (Wildman–Crippen MR) is 78.6 cm³/mol. The summed E-state index contributed by atoms with van der Waals surface area (Å²) in [5, 5.41) is 7.56. The molecule has 19 heavy (non-hydrogen) atoms. The van der Waals surface area contributed by atoms with Crippen molar-refractivity contribution in [2.24, 2.45) is 5.73 Å². The van der Waals surface area contributed by atoms with Crippen LogP contribution in [0.1, 0.15) is 17.3 Å². The molecule has 0 radical (unpaired) electrons. The van der Waals surface area contributed by atoms with Gasteiger partial charge in [0, 0.05) is 29.2 Å². The lowest BCUT2D eigenvalue weighted by molar-refractivity contribution is 0.377. The molecule has 1 aromatic carbocycles. The first kappa shape index (κ1) is 13.8. The number of nitrogens with one attached hydrogen (secondary N) is 1. The second kappa shape index (κ2) is 5.99. The van der Waals surface area contributed by atoms with Crippen molar-refractivity contribution in [3.63, 3.8) is 0 Å². The zero-order valence-electron chi connectivity index (χ0n) is 10.3. The first-order valence-electron chi connectivity index (χ1n) is 5.68. The van der Waals surface area contributed by atoms with Crippen LogP contribution in [0.3, 0.4) is 0 Å². The molecule has 1 heterocycles. The van der Waals surface area contributed by atoms with Crippen LogP contribution in [-0.4, -0.2) is 21.7 Å². The van der Waals surface area contributed by atoms with Crippen molar-refractivity contribution in [2.45, 2.75) is 13.3 Å². The van der Waals surface area contributed by atoms with E-state index in [0.717, 1.165) is 11.3 Å². The monoisotopic (exact) mass is 296 g/mol. The summed E-state index contributed by atoms with van der Waals surface area (Å²) in [4.78, 5) is 4.45. The molecule has 3 N–H and O–H groups in total. The highest BCUT2D eigenvalue weighted by atomic mass is 35.5. The van der Waals surface area contributed by atoms with E-state index in [1.807, 2.05) is 0 Å². The fourth-order valence-corrected chi connectivity index (χ4v) is 1.97. The SMILES string of the molecule is Cc1noc(CCNc2cc(Cl)ccc2C(N)=S)n1. The molecule has 7 heteroatoms. The number of hydrogen-bond donors (Lipinski definition) is 2. The number of nitrogens with two attached hydrogens (primary N) is 1. The van der Waals surface area contributed by atoms with E-state index in [4.69, 9.17) is 34.1 Å². The standard InChI is InChI=1S/C12H13ClN4OS/c1-7-16-11(18-17-7)4-5-15-10-6-8(13)2-3-9(10)12(14)19/h2-3,6,15H,4-5H2,1H3,(H2,14,19). The van der Waals surface area contributed by atoms with Gasteiger partial charge in [-0.3, -0.25) is 0 Å². The first-order chi connectivity index (χ1) is 9.06. The zero-order chi connectivity index (χ0) is 13.8. The first-order valence-corrected chi connectivity index (χ1v) is 6.47. The van der Waals surface area contributed by atoms with Gasteiger partial charge in [-0.15, -0.1) is 0 Å². The molecule has 0 aliphatic heterocycles. The van der Waals surface area contributed by atoms with E-state index in [0.29, 0.717) is 34.7 Å². The number of aromatic nitrogens is 2. The van der Waals surface area contributed by atoms with Crippen molar-refractivity contribution in [1.82, 2.24) is 10.1 Å². The summed E-state index contributed by atoms with van der Waals surface area (Å²) in [5.74, 6) is 1.21. The Hall–Kier alpha value is -1.66. The summed E-state index contributed by atoms with van der Waals surface area (Å²) < 4.78 is 5.03. The highest BCUT2D eigenvalue weighted by Crippen LogP contribution is 2.21. The highest BCUT2D eigenvalue weighted by Gasteiger charge is 2.07. The molecule has 0 amide bonds. The number of halogens is 1. The van der Waals surface area contributed by atoms with Gasteiger partial charge >= 0.3 is 0 Å². The number of hydrogen-bond acceptors (Lipinski definition) is 5. The Morgan fingerprint density at radius 3 is 2.95 bits per heavy atom. The average Bonchev–Trinajstić information content (AvgIpc) is 2.75. The van der Waals surface area contributed by atoms with E-state index >= 15 is 0 Å². The van der Waals surface area contributed by atoms with E-state index in [-0.39, 0.29) is 0 Å². The van der Waals surface area contributed by atoms with E-state index in [2.05, 4.69) is 15.5 Å². The molecule has 0 atom stereocenters. The molecule has 0 saturated carbocycles. The van der Waals surface area contributed by atoms with Gasteiger partial charge in [0.2, 0.25) is 5.89 Å². The molecule has 100 valence electrons. The van der Waals surface area contributed by atoms with Crippen LogP contribution in [0.25, 0.3) is 0 Å². The molecule has 0 fully saturated rings. The van der Waals surface area contributed by atoms with Crippen molar-refractivity contribution in [3.05, 3.63) is 40.5 Å². The maximum absolute atomic E-state index is 5.96. The van der Waals surface area contributed by atoms with Crippen LogP contribution in [0.2, 0.25) is 5.02 Å². The number of benzene rings is 1. The normalized spacial score (nSPS) is 10.4. The third kappa shape index (κ3) is 3.65. The second-order valence-corrected chi connectivity index (χ2v) is 4.84. The molecular weight excluding hydrogens is 284 g/mol. The summed E-state index contributed by atoms with van der Waals surface area (Å²) in [5.41, 5.74) is 7.23. The quantitative estimate of drug-likeness (QED) is 0.825. The number of aryl methyl sites for hydroxylation is 1. The summed E-state index contributed by atoms with van der Waals surface area (Å²) in [6.45, 7) is 2.40. The highest BCUT2D eigenvalue weighted by molar-refractivity contribution is 7.80. The molecule has 0 aliphatic rings. The van der Waals surface area contributed by atoms with Crippen LogP contribution in [0.5, 0.6) is 0 Å². The molecule has 5 nitrogen and oxygen atoms in total. The van der Waals surface area contributed by atoms with Gasteiger partial charge < -0.3 is 15.6 Å². The molecule has 0 aliphatic carbocycles. The van der Waals surface area contributed by atoms with Gasteiger partial charge in [0.25, 0.3) is 0 Å². The van der Waals surface area contributed by atoms with E-state index in [9.17, 15) is 0 Å². The van der Waals surface area contributed by atoms with Crippen LogP contribution in [-0.2, 0) is 6.42 Å². The molecule has 0 spiro atoms. The second-order valence-electron chi connectivity index (χ2n) is 3.97. The molecule has 0 bridgehead atoms. The fourth-order valence-electron chi connectivity index (χ4n) is 1.62. The van der Waals surface area contributed by atoms with Gasteiger partial charge in [-0.25, -0.2) is 0 Å². The number of rotatable bonds is 5. The molecule has 2 rings (SSSR count). The number of nitrogens with zero attached hydrogens (tertiary/aromatic N) is 2. The molecule has 1 aromatic heterocycles. The fraction of sp³-hybridized carbons (Fsp3) is 0.250. The Labute approximate surface area is 121 Å². The third-order valence-corrected chi connectivity index (χ3v) is 2.93. The van der Waals surface area contributed by atoms with Gasteiger partial charge in [0.05, 0.1) is 0 Å². The third-order valence-electron chi connectivity index (χ3n) is 2.47. The van der Waals surface area contributed by atoms with Gasteiger partial charge in [-0.1, -0.05) is 29.0 Å². The van der Waals surface area contributed by atoms with Crippen molar-refractivity contribution >= 4 is 34.5 Å². The Morgan fingerprint density at radius 1 is 1.53 bits per heavy atom. The maximum Gasteiger partial charge on any atom is 0.228 e. The van der Waals surface area contributed by atoms with Crippen LogP contribution in [0.15, 0.2) is 22.7 Å². The molecule has 0 saturated heterocycles. The van der Waals surface area contributed by atoms with Crippen molar-refractivity contribution < 1.29 is 4.52 Å². The largest absolute Gasteiger partial charge is 0.389 e. The summed E-state index contributed by atoms with van der Waals surface area (Å²) >= 11 is 10.9. The Balaban J connectivity index is 2.02. The van der Waals surface area contributed by atoms with E-state index in [1.165, 1.54) is 0 Å². The summed E-state index contributed by atoms with van der Waals surface area (Å²) in [6, 6.07) is 5.33. The Bertz CT molecular complexity index is 599. The lowest BCUT2D eigenvalue weighted by Crippen LogP contribution is -2.14. The van der Waals surface area contributed by atoms with Gasteiger partial charge in [0.1, 0.15) is 4.99 Å². The minimum atomic E-state index is 0.327. The maximum atomic E-state index is 5.96. The average molecular weight is 297 g/mol. The van der Waals surface area contributed by atoms with E-state index in [1.54, 1.807) is 25.1 Å². The van der Waals surface area contributed by atoms with Gasteiger partial charge in [-0.2, -0.15) is 4.98 Å². The molecular formula is C12H13ClN4OS. The molecule has 0 unspecified atom stereocenters. The van der Waals surface area contributed by atoms with Crippen LogP contribution >= 0.6 is 23.8 Å². The van der Waals surface area contributed by atoms with E-state index < -0.39 is 0 Å². The number of thiocarbonyl (C=S) groups is 1. The Kier molecular flexibility index (Phi) is 4.34. The Morgan fingerprint density at radius 2 is 2.32 bits per heavy atom. The van der Waals surface area contributed by atoms with Crippen LogP contribution in [0, 0.1) is 6.92 Å². The van der Waals surface area contributed by atoms with Crippen LogP contribution < -0.4 is 11.1 Å². The molecule has 2 aromatic rings. The van der Waals surface area contributed by atoms with Crippen LogP contribution in [0.4, 0.5) is 5.69 Å². The summed E-state index contributed by atoms with van der Waals surface area (Å²) in [7, 11) is 0. The van der Waals surface area contributed by atoms with Gasteiger partial charge in [-0.05, 0) is 25.1 Å². The zero-order valence-corrected chi connectivity index (χ0v) is 11.9. The smallest absolute Gasteiger partial charge is 0.228 e.